The second-order valence-corrected chi connectivity index (χ2v) is 2.25. The Labute approximate surface area is 61.2 Å². The van der Waals surface area contributed by atoms with E-state index in [0.717, 1.165) is 12.2 Å². The van der Waals surface area contributed by atoms with Crippen LogP contribution in [0.25, 0.3) is 0 Å². The third kappa shape index (κ3) is 1.72. The second-order valence-electron chi connectivity index (χ2n) is 2.25. The molecule has 0 amide bonds. The first-order chi connectivity index (χ1) is 4.83. The summed E-state index contributed by atoms with van der Waals surface area (Å²) < 4.78 is 1.91. The van der Waals surface area contributed by atoms with Gasteiger partial charge in [0.2, 0.25) is 0 Å². The highest BCUT2D eigenvalue weighted by atomic mass is 15.3. The van der Waals surface area contributed by atoms with Gasteiger partial charge in [0.25, 0.3) is 0 Å². The number of nitrogens with zero attached hydrogens (tertiary/aromatic N) is 2. The fourth-order valence-electron chi connectivity index (χ4n) is 0.778. The molecule has 1 heterocycles. The summed E-state index contributed by atoms with van der Waals surface area (Å²) in [6, 6.07) is 2.00. The molecule has 0 aliphatic rings. The lowest BCUT2D eigenvalue weighted by atomic mass is 10.5. The highest BCUT2D eigenvalue weighted by Gasteiger charge is 1.87. The van der Waals surface area contributed by atoms with Crippen LogP contribution in [0.15, 0.2) is 24.4 Å². The van der Waals surface area contributed by atoms with Crippen molar-refractivity contribution in [2.75, 3.05) is 0 Å². The topological polar surface area (TPSA) is 17.8 Å². The molecule has 1 rings (SSSR count). The minimum Gasteiger partial charge on any atom is -0.269 e. The van der Waals surface area contributed by atoms with Gasteiger partial charge in [-0.2, -0.15) is 5.10 Å². The number of aryl methyl sites for hydroxylation is 1. The average Bonchev–Trinajstić information content (AvgIpc) is 2.31. The molecule has 0 atom stereocenters. The van der Waals surface area contributed by atoms with E-state index in [1.54, 1.807) is 0 Å². The minimum absolute atomic E-state index is 0.879. The molecule has 2 nitrogen and oxygen atoms in total. The largest absolute Gasteiger partial charge is 0.269 e. The SMILES string of the molecule is CC=CCn1ccc(C)n1. The second kappa shape index (κ2) is 3.20. The van der Waals surface area contributed by atoms with Gasteiger partial charge in [-0.25, -0.2) is 0 Å². The Bertz CT molecular complexity index is 223. The quantitative estimate of drug-likeness (QED) is 0.566. The first kappa shape index (κ1) is 7.06. The average molecular weight is 136 g/mol. The highest BCUT2D eigenvalue weighted by Crippen LogP contribution is 1.92. The van der Waals surface area contributed by atoms with E-state index in [1.807, 2.05) is 36.9 Å². The molecule has 0 fully saturated rings. The summed E-state index contributed by atoms with van der Waals surface area (Å²) in [5.74, 6) is 0. The maximum atomic E-state index is 4.21. The van der Waals surface area contributed by atoms with Crippen LogP contribution in [0.3, 0.4) is 0 Å². The molecule has 54 valence electrons. The zero-order valence-corrected chi connectivity index (χ0v) is 6.41. The van der Waals surface area contributed by atoms with E-state index in [2.05, 4.69) is 11.2 Å². The Morgan fingerprint density at radius 2 is 2.50 bits per heavy atom. The molecule has 0 spiro atoms. The highest BCUT2D eigenvalue weighted by molar-refractivity contribution is 4.95. The predicted molar refractivity (Wildman–Crippen MR) is 41.8 cm³/mol. The third-order valence-electron chi connectivity index (χ3n) is 1.30. The summed E-state index contributed by atoms with van der Waals surface area (Å²) in [5.41, 5.74) is 1.07. The number of hydrogen-bond acceptors (Lipinski definition) is 1. The van der Waals surface area contributed by atoms with E-state index in [-0.39, 0.29) is 0 Å². The number of aromatic nitrogens is 2. The maximum absolute atomic E-state index is 4.21. The molecule has 0 saturated heterocycles. The van der Waals surface area contributed by atoms with Gasteiger partial charge in [-0.1, -0.05) is 12.2 Å². The smallest absolute Gasteiger partial charge is 0.0593 e. The first-order valence-corrected chi connectivity index (χ1v) is 3.44. The Hall–Kier alpha value is -1.05. The van der Waals surface area contributed by atoms with Crippen molar-refractivity contribution < 1.29 is 0 Å². The molecule has 10 heavy (non-hydrogen) atoms. The lowest BCUT2D eigenvalue weighted by molar-refractivity contribution is 0.693. The standard InChI is InChI=1S/C8H12N2/c1-3-4-6-10-7-5-8(2)9-10/h3-5,7H,6H2,1-2H3. The summed E-state index contributed by atoms with van der Waals surface area (Å²) >= 11 is 0. The van der Waals surface area contributed by atoms with Crippen molar-refractivity contribution >= 4 is 0 Å². The fraction of sp³-hybridized carbons (Fsp3) is 0.375. The zero-order chi connectivity index (χ0) is 7.40. The Morgan fingerprint density at radius 3 is 3.00 bits per heavy atom. The molecule has 0 saturated carbocycles. The molecule has 0 N–H and O–H groups in total. The van der Waals surface area contributed by atoms with Crippen molar-refractivity contribution in [1.29, 1.82) is 0 Å². The van der Waals surface area contributed by atoms with Gasteiger partial charge in [-0.3, -0.25) is 4.68 Å². The molecule has 0 aliphatic carbocycles. The van der Waals surface area contributed by atoms with Gasteiger partial charge in [-0.05, 0) is 19.9 Å². The van der Waals surface area contributed by atoms with Gasteiger partial charge in [0.05, 0.1) is 12.2 Å². The summed E-state index contributed by atoms with van der Waals surface area (Å²) in [7, 11) is 0. The van der Waals surface area contributed by atoms with Crippen LogP contribution in [0, 0.1) is 6.92 Å². The van der Waals surface area contributed by atoms with Crippen LogP contribution in [0.2, 0.25) is 0 Å². The molecule has 0 radical (unpaired) electrons. The number of hydrogen-bond donors (Lipinski definition) is 0. The first-order valence-electron chi connectivity index (χ1n) is 3.44. The van der Waals surface area contributed by atoms with Crippen LogP contribution >= 0.6 is 0 Å². The number of allylic oxidation sites excluding steroid dienone is 2. The normalized spacial score (nSPS) is 11.0. The summed E-state index contributed by atoms with van der Waals surface area (Å²) in [6.45, 7) is 4.88. The lowest BCUT2D eigenvalue weighted by Crippen LogP contribution is -1.94. The molecular weight excluding hydrogens is 124 g/mol. The predicted octanol–water partition coefficient (Wildman–Crippen LogP) is 1.77. The minimum atomic E-state index is 0.879. The van der Waals surface area contributed by atoms with Crippen molar-refractivity contribution in [3.63, 3.8) is 0 Å². The van der Waals surface area contributed by atoms with E-state index in [0.29, 0.717) is 0 Å². The summed E-state index contributed by atoms with van der Waals surface area (Å²) in [6.07, 6.45) is 6.08. The van der Waals surface area contributed by atoms with E-state index in [9.17, 15) is 0 Å². The third-order valence-corrected chi connectivity index (χ3v) is 1.30. The monoisotopic (exact) mass is 136 g/mol. The van der Waals surface area contributed by atoms with Gasteiger partial charge in [0.1, 0.15) is 0 Å². The molecule has 1 aromatic rings. The Morgan fingerprint density at radius 1 is 1.70 bits per heavy atom. The van der Waals surface area contributed by atoms with Gasteiger partial charge in [0.15, 0.2) is 0 Å². The van der Waals surface area contributed by atoms with Crippen molar-refractivity contribution in [2.24, 2.45) is 0 Å². The van der Waals surface area contributed by atoms with Gasteiger partial charge < -0.3 is 0 Å². The molecule has 0 aromatic carbocycles. The van der Waals surface area contributed by atoms with Crippen molar-refractivity contribution in [1.82, 2.24) is 9.78 Å². The Kier molecular flexibility index (Phi) is 2.26. The molecule has 0 unspecified atom stereocenters. The van der Waals surface area contributed by atoms with E-state index in [1.165, 1.54) is 0 Å². The maximum Gasteiger partial charge on any atom is 0.0593 e. The van der Waals surface area contributed by atoms with Crippen LogP contribution in [0.1, 0.15) is 12.6 Å². The van der Waals surface area contributed by atoms with Crippen LogP contribution in [0.5, 0.6) is 0 Å². The molecule has 1 aromatic heterocycles. The Balaban J connectivity index is 2.58. The molecule has 0 bridgehead atoms. The lowest BCUT2D eigenvalue weighted by Gasteiger charge is -1.91. The van der Waals surface area contributed by atoms with Crippen LogP contribution in [0.4, 0.5) is 0 Å². The summed E-state index contributed by atoms with van der Waals surface area (Å²) in [4.78, 5) is 0. The van der Waals surface area contributed by atoms with Gasteiger partial charge in [0, 0.05) is 6.20 Å². The van der Waals surface area contributed by atoms with Crippen LogP contribution in [-0.4, -0.2) is 9.78 Å². The zero-order valence-electron chi connectivity index (χ0n) is 6.41. The fourth-order valence-corrected chi connectivity index (χ4v) is 0.778. The summed E-state index contributed by atoms with van der Waals surface area (Å²) in [5, 5.41) is 4.21. The van der Waals surface area contributed by atoms with Crippen molar-refractivity contribution in [2.45, 2.75) is 20.4 Å². The van der Waals surface area contributed by atoms with Crippen molar-refractivity contribution in [3.05, 3.63) is 30.1 Å². The molecular formula is C8H12N2. The molecule has 2 heteroatoms. The van der Waals surface area contributed by atoms with E-state index in [4.69, 9.17) is 0 Å². The van der Waals surface area contributed by atoms with Gasteiger partial charge in [-0.15, -0.1) is 0 Å². The van der Waals surface area contributed by atoms with Gasteiger partial charge >= 0.3 is 0 Å². The molecule has 0 aliphatic heterocycles. The van der Waals surface area contributed by atoms with E-state index >= 15 is 0 Å². The van der Waals surface area contributed by atoms with Crippen molar-refractivity contribution in [3.8, 4) is 0 Å². The van der Waals surface area contributed by atoms with E-state index < -0.39 is 0 Å². The van der Waals surface area contributed by atoms with Crippen LogP contribution in [-0.2, 0) is 6.54 Å². The number of rotatable bonds is 2. The van der Waals surface area contributed by atoms with Crippen LogP contribution < -0.4 is 0 Å².